The van der Waals surface area contributed by atoms with Gasteiger partial charge in [-0.25, -0.2) is 0 Å². The van der Waals surface area contributed by atoms with E-state index in [0.717, 1.165) is 0 Å². The molecule has 0 spiro atoms. The predicted molar refractivity (Wildman–Crippen MR) is 62.5 cm³/mol. The molecule has 0 atom stereocenters. The zero-order chi connectivity index (χ0) is 11.0. The van der Waals surface area contributed by atoms with Crippen molar-refractivity contribution in [2.24, 2.45) is 0 Å². The van der Waals surface area contributed by atoms with Crippen LogP contribution in [0.4, 0.5) is 0 Å². The summed E-state index contributed by atoms with van der Waals surface area (Å²) >= 11 is 9.93. The van der Waals surface area contributed by atoms with E-state index in [-0.39, 0.29) is 10.4 Å². The van der Waals surface area contributed by atoms with Crippen LogP contribution in [-0.2, 0) is 0 Å². The van der Waals surface area contributed by atoms with Crippen LogP contribution in [-0.4, -0.2) is 15.1 Å². The van der Waals surface area contributed by atoms with E-state index in [9.17, 15) is 9.90 Å². The Balaban J connectivity index is 2.60. The van der Waals surface area contributed by atoms with Gasteiger partial charge in [-0.15, -0.1) is 11.3 Å². The molecule has 2 rings (SSSR count). The summed E-state index contributed by atoms with van der Waals surface area (Å²) in [5, 5.41) is 9.34. The minimum Gasteiger partial charge on any atom is -0.492 e. The molecule has 7 heteroatoms. The van der Waals surface area contributed by atoms with Crippen molar-refractivity contribution < 1.29 is 5.11 Å². The van der Waals surface area contributed by atoms with Gasteiger partial charge in [0.1, 0.15) is 4.47 Å². The van der Waals surface area contributed by atoms with E-state index in [4.69, 9.17) is 11.6 Å². The fourth-order valence-electron chi connectivity index (χ4n) is 1.01. The second-order valence-corrected chi connectivity index (χ2v) is 5.16. The van der Waals surface area contributed by atoms with E-state index < -0.39 is 5.56 Å². The van der Waals surface area contributed by atoms with Crippen LogP contribution in [0.25, 0.3) is 10.7 Å². The highest BCUT2D eigenvalue weighted by Crippen LogP contribution is 2.29. The van der Waals surface area contributed by atoms with Crippen molar-refractivity contribution >= 4 is 38.9 Å². The van der Waals surface area contributed by atoms with Gasteiger partial charge in [0.15, 0.2) is 5.82 Å². The van der Waals surface area contributed by atoms with E-state index in [1.54, 1.807) is 12.1 Å². The van der Waals surface area contributed by atoms with E-state index in [0.29, 0.717) is 15.0 Å². The Labute approximate surface area is 102 Å². The highest BCUT2D eigenvalue weighted by Gasteiger charge is 2.10. The number of rotatable bonds is 1. The molecule has 0 aliphatic carbocycles. The molecule has 0 saturated carbocycles. The molecule has 0 amide bonds. The lowest BCUT2D eigenvalue weighted by molar-refractivity contribution is 0.448. The highest BCUT2D eigenvalue weighted by molar-refractivity contribution is 9.10. The largest absolute Gasteiger partial charge is 0.492 e. The molecule has 78 valence electrons. The Morgan fingerprint density at radius 2 is 2.27 bits per heavy atom. The average Bonchev–Trinajstić information content (AvgIpc) is 2.60. The lowest BCUT2D eigenvalue weighted by atomic mass is 10.4. The number of aromatic nitrogens is 2. The van der Waals surface area contributed by atoms with Gasteiger partial charge in [0.05, 0.1) is 9.21 Å². The summed E-state index contributed by atoms with van der Waals surface area (Å²) in [7, 11) is 0. The fraction of sp³-hybridized carbons (Fsp3) is 0. The van der Waals surface area contributed by atoms with Crippen molar-refractivity contribution in [1.82, 2.24) is 9.97 Å². The van der Waals surface area contributed by atoms with Gasteiger partial charge in [-0.2, -0.15) is 4.98 Å². The lowest BCUT2D eigenvalue weighted by Gasteiger charge is -1.98. The predicted octanol–water partition coefficient (Wildman–Crippen LogP) is 2.62. The standard InChI is InChI=1S/C8H4BrClN2O2S/c9-5-7(13)11-6(12-8(5)14)3-1-2-4(10)15-3/h1-2H,(H2,11,12,13,14). The summed E-state index contributed by atoms with van der Waals surface area (Å²) in [5.74, 6) is -0.0316. The molecule has 2 aromatic rings. The maximum atomic E-state index is 11.3. The third kappa shape index (κ3) is 2.06. The monoisotopic (exact) mass is 306 g/mol. The third-order valence-corrected chi connectivity index (χ3v) is 3.60. The summed E-state index contributed by atoms with van der Waals surface area (Å²) < 4.78 is 0.615. The normalized spacial score (nSPS) is 10.5. The van der Waals surface area contributed by atoms with Gasteiger partial charge in [0.2, 0.25) is 5.88 Å². The number of halogens is 2. The first kappa shape index (κ1) is 10.7. The molecular weight excluding hydrogens is 304 g/mol. The first-order valence-electron chi connectivity index (χ1n) is 3.82. The summed E-state index contributed by atoms with van der Waals surface area (Å²) in [6, 6.07) is 3.42. The molecule has 2 aromatic heterocycles. The van der Waals surface area contributed by atoms with Crippen molar-refractivity contribution in [2.45, 2.75) is 0 Å². The topological polar surface area (TPSA) is 66.0 Å². The Morgan fingerprint density at radius 1 is 1.53 bits per heavy atom. The summed E-state index contributed by atoms with van der Waals surface area (Å²) in [6.07, 6.45) is 0. The van der Waals surface area contributed by atoms with E-state index in [2.05, 4.69) is 25.9 Å². The van der Waals surface area contributed by atoms with Crippen molar-refractivity contribution in [3.05, 3.63) is 31.3 Å². The van der Waals surface area contributed by atoms with Gasteiger partial charge in [-0.3, -0.25) is 4.79 Å². The lowest BCUT2D eigenvalue weighted by Crippen LogP contribution is -2.09. The number of nitrogens with zero attached hydrogens (tertiary/aromatic N) is 1. The maximum Gasteiger partial charge on any atom is 0.269 e. The van der Waals surface area contributed by atoms with Gasteiger partial charge in [-0.05, 0) is 28.1 Å². The Hall–Kier alpha value is -0.850. The van der Waals surface area contributed by atoms with Crippen molar-refractivity contribution in [3.63, 3.8) is 0 Å². The zero-order valence-electron chi connectivity index (χ0n) is 7.12. The number of hydrogen-bond donors (Lipinski definition) is 2. The van der Waals surface area contributed by atoms with Crippen molar-refractivity contribution in [3.8, 4) is 16.6 Å². The molecular formula is C8H4BrClN2O2S. The Bertz CT molecular complexity index is 566. The van der Waals surface area contributed by atoms with Gasteiger partial charge < -0.3 is 10.1 Å². The Kier molecular flexibility index (Phi) is 2.81. The van der Waals surface area contributed by atoms with Crippen LogP contribution in [0.1, 0.15) is 0 Å². The molecule has 0 aliphatic rings. The van der Waals surface area contributed by atoms with Gasteiger partial charge >= 0.3 is 0 Å². The van der Waals surface area contributed by atoms with Crippen LogP contribution < -0.4 is 5.56 Å². The molecule has 0 unspecified atom stereocenters. The van der Waals surface area contributed by atoms with Crippen molar-refractivity contribution in [2.75, 3.05) is 0 Å². The summed E-state index contributed by atoms with van der Waals surface area (Å²) in [4.78, 5) is 18.4. The van der Waals surface area contributed by atoms with Gasteiger partial charge in [0.25, 0.3) is 5.56 Å². The zero-order valence-corrected chi connectivity index (χ0v) is 10.3. The number of thiophene rings is 1. The SMILES string of the molecule is O=c1[nH]c(-c2ccc(Cl)s2)nc(O)c1Br. The average molecular weight is 308 g/mol. The number of nitrogens with one attached hydrogen (secondary N) is 1. The smallest absolute Gasteiger partial charge is 0.269 e. The molecule has 2 heterocycles. The van der Waals surface area contributed by atoms with Gasteiger partial charge in [-0.1, -0.05) is 11.6 Å². The van der Waals surface area contributed by atoms with E-state index >= 15 is 0 Å². The molecule has 4 nitrogen and oxygen atoms in total. The van der Waals surface area contributed by atoms with Crippen molar-refractivity contribution in [1.29, 1.82) is 0 Å². The Morgan fingerprint density at radius 3 is 2.80 bits per heavy atom. The fourth-order valence-corrected chi connectivity index (χ4v) is 2.18. The molecule has 15 heavy (non-hydrogen) atoms. The molecule has 0 bridgehead atoms. The van der Waals surface area contributed by atoms with Gasteiger partial charge in [0, 0.05) is 0 Å². The molecule has 2 N–H and O–H groups in total. The minimum atomic E-state index is -0.429. The van der Waals surface area contributed by atoms with E-state index in [1.165, 1.54) is 11.3 Å². The molecule has 0 radical (unpaired) electrons. The summed E-state index contributed by atoms with van der Waals surface area (Å²) in [5.41, 5.74) is -0.429. The van der Waals surface area contributed by atoms with Crippen LogP contribution in [0.5, 0.6) is 5.88 Å². The van der Waals surface area contributed by atoms with Crippen LogP contribution in [0.15, 0.2) is 21.4 Å². The molecule has 0 fully saturated rings. The second kappa shape index (κ2) is 3.96. The highest BCUT2D eigenvalue weighted by atomic mass is 79.9. The quantitative estimate of drug-likeness (QED) is 0.851. The molecule has 0 aromatic carbocycles. The number of aromatic hydroxyl groups is 1. The van der Waals surface area contributed by atoms with E-state index in [1.807, 2.05) is 0 Å². The van der Waals surface area contributed by atoms with Crippen LogP contribution in [0.3, 0.4) is 0 Å². The number of aromatic amines is 1. The minimum absolute atomic E-state index is 0.0221. The third-order valence-electron chi connectivity index (χ3n) is 1.65. The number of hydrogen-bond acceptors (Lipinski definition) is 4. The summed E-state index contributed by atoms with van der Waals surface area (Å²) in [6.45, 7) is 0. The van der Waals surface area contributed by atoms with Crippen LogP contribution >= 0.6 is 38.9 Å². The first-order chi connectivity index (χ1) is 7.08. The number of H-pyrrole nitrogens is 1. The van der Waals surface area contributed by atoms with Crippen LogP contribution in [0, 0.1) is 0 Å². The maximum absolute atomic E-state index is 11.3. The second-order valence-electron chi connectivity index (χ2n) is 2.66. The first-order valence-corrected chi connectivity index (χ1v) is 5.81. The molecule has 0 aliphatic heterocycles. The van der Waals surface area contributed by atoms with Crippen LogP contribution in [0.2, 0.25) is 4.34 Å². The molecule has 0 saturated heterocycles.